The molecular weight excluding hydrogens is 440 g/mol. The van der Waals surface area contributed by atoms with E-state index in [-0.39, 0.29) is 17.2 Å². The van der Waals surface area contributed by atoms with Gasteiger partial charge in [-0.1, -0.05) is 42.5 Å². The predicted molar refractivity (Wildman–Crippen MR) is 135 cm³/mol. The number of aliphatic hydroxyl groups is 1. The standard InChI is InChI=1S/C29H26N2O4/c1-18(32)30-23-13-15-24(16-14-23)31-26(20-8-3-2-4-9-20)25(28(34)29(31)35)27(33)22-12-11-19-7-5-6-10-21(19)17-22/h2-4,8-9,11-17,26,33H,5-7,10H2,1H3,(H,30,32)/b27-25-. The lowest BCUT2D eigenvalue weighted by molar-refractivity contribution is -0.132. The van der Waals surface area contributed by atoms with Crippen LogP contribution >= 0.6 is 0 Å². The third kappa shape index (κ3) is 4.23. The summed E-state index contributed by atoms with van der Waals surface area (Å²) in [6.45, 7) is 1.42. The van der Waals surface area contributed by atoms with Crippen LogP contribution in [0.4, 0.5) is 11.4 Å². The normalized spacial score (nSPS) is 18.9. The Labute approximate surface area is 203 Å². The van der Waals surface area contributed by atoms with Crippen molar-refractivity contribution < 1.29 is 19.5 Å². The number of carbonyl (C=O) groups is 3. The second-order valence-corrected chi connectivity index (χ2v) is 9.00. The van der Waals surface area contributed by atoms with Crippen molar-refractivity contribution in [1.29, 1.82) is 0 Å². The van der Waals surface area contributed by atoms with Crippen LogP contribution in [0.1, 0.15) is 48.1 Å². The number of hydrogen-bond donors (Lipinski definition) is 2. The van der Waals surface area contributed by atoms with E-state index >= 15 is 0 Å². The number of nitrogens with zero attached hydrogens (tertiary/aromatic N) is 1. The van der Waals surface area contributed by atoms with Gasteiger partial charge in [0.1, 0.15) is 5.76 Å². The number of nitrogens with one attached hydrogen (secondary N) is 1. The molecule has 0 spiro atoms. The SMILES string of the molecule is CC(=O)Nc1ccc(N2C(=O)C(=O)/C(=C(\O)c3ccc4c(c3)CCCC4)C2c2ccccc2)cc1. The van der Waals surface area contributed by atoms with E-state index in [0.29, 0.717) is 16.9 Å². The Balaban J connectivity index is 1.62. The highest BCUT2D eigenvalue weighted by molar-refractivity contribution is 6.51. The van der Waals surface area contributed by atoms with Gasteiger partial charge in [-0.2, -0.15) is 0 Å². The van der Waals surface area contributed by atoms with Gasteiger partial charge >= 0.3 is 0 Å². The number of carbonyl (C=O) groups excluding carboxylic acids is 3. The zero-order valence-electron chi connectivity index (χ0n) is 19.5. The molecule has 1 aliphatic heterocycles. The third-order valence-electron chi connectivity index (χ3n) is 6.65. The maximum atomic E-state index is 13.3. The second-order valence-electron chi connectivity index (χ2n) is 9.00. The van der Waals surface area contributed by atoms with Gasteiger partial charge in [-0.15, -0.1) is 0 Å². The first-order chi connectivity index (χ1) is 16.9. The molecule has 2 N–H and O–H groups in total. The van der Waals surface area contributed by atoms with Crippen molar-refractivity contribution in [3.05, 3.63) is 101 Å². The Morgan fingerprint density at radius 2 is 1.60 bits per heavy atom. The Hall–Kier alpha value is -4.19. The van der Waals surface area contributed by atoms with Crippen molar-refractivity contribution in [1.82, 2.24) is 0 Å². The molecule has 6 heteroatoms. The van der Waals surface area contributed by atoms with Gasteiger partial charge in [0.2, 0.25) is 5.91 Å². The third-order valence-corrected chi connectivity index (χ3v) is 6.65. The van der Waals surface area contributed by atoms with Gasteiger partial charge in [0.25, 0.3) is 11.7 Å². The molecule has 1 heterocycles. The first-order valence-electron chi connectivity index (χ1n) is 11.8. The van der Waals surface area contributed by atoms with E-state index in [1.807, 2.05) is 48.5 Å². The fourth-order valence-electron chi connectivity index (χ4n) is 4.99. The number of aliphatic hydroxyl groups excluding tert-OH is 1. The van der Waals surface area contributed by atoms with Gasteiger partial charge in [-0.25, -0.2) is 0 Å². The van der Waals surface area contributed by atoms with Gasteiger partial charge in [0.05, 0.1) is 11.6 Å². The molecule has 2 amide bonds. The summed E-state index contributed by atoms with van der Waals surface area (Å²) in [6, 6.07) is 21.0. The number of benzene rings is 3. The minimum atomic E-state index is -0.779. The van der Waals surface area contributed by atoms with Crippen molar-refractivity contribution in [2.75, 3.05) is 10.2 Å². The second kappa shape index (κ2) is 9.22. The van der Waals surface area contributed by atoms with E-state index in [1.165, 1.54) is 23.0 Å². The van der Waals surface area contributed by atoms with Crippen molar-refractivity contribution >= 4 is 34.7 Å². The summed E-state index contributed by atoms with van der Waals surface area (Å²) in [7, 11) is 0. The summed E-state index contributed by atoms with van der Waals surface area (Å²) in [5.74, 6) is -1.79. The molecule has 2 aliphatic rings. The molecule has 3 aromatic carbocycles. The summed E-state index contributed by atoms with van der Waals surface area (Å²) in [4.78, 5) is 39.4. The maximum Gasteiger partial charge on any atom is 0.300 e. The van der Waals surface area contributed by atoms with Gasteiger partial charge in [-0.3, -0.25) is 19.3 Å². The molecule has 0 aromatic heterocycles. The molecule has 3 aromatic rings. The Morgan fingerprint density at radius 1 is 0.914 bits per heavy atom. The molecule has 1 atom stereocenters. The lowest BCUT2D eigenvalue weighted by Gasteiger charge is -2.25. The summed E-state index contributed by atoms with van der Waals surface area (Å²) in [5.41, 5.74) is 4.87. The van der Waals surface area contributed by atoms with E-state index in [2.05, 4.69) is 5.32 Å². The molecule has 1 aliphatic carbocycles. The molecule has 5 rings (SSSR count). The van der Waals surface area contributed by atoms with Crippen LogP contribution < -0.4 is 10.2 Å². The van der Waals surface area contributed by atoms with Crippen LogP contribution in [0.25, 0.3) is 5.76 Å². The number of anilines is 2. The van der Waals surface area contributed by atoms with E-state index in [1.54, 1.807) is 24.3 Å². The molecule has 6 nitrogen and oxygen atoms in total. The fraction of sp³-hybridized carbons (Fsp3) is 0.207. The van der Waals surface area contributed by atoms with E-state index in [4.69, 9.17) is 0 Å². The van der Waals surface area contributed by atoms with Gasteiger partial charge in [0, 0.05) is 23.9 Å². The molecule has 176 valence electrons. The van der Waals surface area contributed by atoms with E-state index in [9.17, 15) is 19.5 Å². The van der Waals surface area contributed by atoms with Crippen LogP contribution in [0.3, 0.4) is 0 Å². The Bertz CT molecular complexity index is 1340. The zero-order chi connectivity index (χ0) is 24.5. The monoisotopic (exact) mass is 466 g/mol. The minimum absolute atomic E-state index is 0.0721. The van der Waals surface area contributed by atoms with Gasteiger partial charge < -0.3 is 10.4 Å². The first kappa shape index (κ1) is 22.6. The summed E-state index contributed by atoms with van der Waals surface area (Å²) in [5, 5.41) is 14.1. The van der Waals surface area contributed by atoms with Crippen LogP contribution in [0.5, 0.6) is 0 Å². The smallest absolute Gasteiger partial charge is 0.300 e. The highest BCUT2D eigenvalue weighted by atomic mass is 16.3. The number of rotatable bonds is 4. The van der Waals surface area contributed by atoms with Crippen LogP contribution in [0.2, 0.25) is 0 Å². The Morgan fingerprint density at radius 3 is 2.29 bits per heavy atom. The summed E-state index contributed by atoms with van der Waals surface area (Å²) in [6.07, 6.45) is 4.20. The topological polar surface area (TPSA) is 86.7 Å². The minimum Gasteiger partial charge on any atom is -0.507 e. The lowest BCUT2D eigenvalue weighted by Crippen LogP contribution is -2.29. The van der Waals surface area contributed by atoms with Crippen molar-refractivity contribution in [3.63, 3.8) is 0 Å². The van der Waals surface area contributed by atoms with Crippen molar-refractivity contribution in [2.45, 2.75) is 38.6 Å². The molecule has 1 fully saturated rings. The average Bonchev–Trinajstić information content (AvgIpc) is 3.14. The largest absolute Gasteiger partial charge is 0.507 e. The number of hydrogen-bond acceptors (Lipinski definition) is 4. The quantitative estimate of drug-likeness (QED) is 0.316. The molecule has 35 heavy (non-hydrogen) atoms. The number of Topliss-reactive ketones (excluding diaryl/α,β-unsaturated/α-hetero) is 1. The zero-order valence-corrected chi connectivity index (χ0v) is 19.5. The van der Waals surface area contributed by atoms with E-state index in [0.717, 1.165) is 31.2 Å². The fourth-order valence-corrected chi connectivity index (χ4v) is 4.99. The molecule has 0 radical (unpaired) electrons. The molecule has 0 bridgehead atoms. The first-order valence-corrected chi connectivity index (χ1v) is 11.8. The van der Waals surface area contributed by atoms with Crippen LogP contribution in [0.15, 0.2) is 78.4 Å². The highest BCUT2D eigenvalue weighted by Crippen LogP contribution is 2.42. The predicted octanol–water partition coefficient (Wildman–Crippen LogP) is 5.15. The lowest BCUT2D eigenvalue weighted by atomic mass is 9.88. The number of ketones is 1. The number of fused-ring (bicyclic) bond motifs is 1. The van der Waals surface area contributed by atoms with Crippen LogP contribution in [0, 0.1) is 0 Å². The van der Waals surface area contributed by atoms with Crippen LogP contribution in [-0.2, 0) is 27.2 Å². The number of amides is 2. The van der Waals surface area contributed by atoms with Crippen molar-refractivity contribution in [3.8, 4) is 0 Å². The summed E-state index contributed by atoms with van der Waals surface area (Å²) < 4.78 is 0. The molecule has 1 saturated heterocycles. The average molecular weight is 467 g/mol. The molecular formula is C29H26N2O4. The maximum absolute atomic E-state index is 13.3. The Kier molecular flexibility index (Phi) is 5.95. The van der Waals surface area contributed by atoms with Gasteiger partial charge in [0.15, 0.2) is 0 Å². The van der Waals surface area contributed by atoms with Gasteiger partial charge in [-0.05, 0) is 72.7 Å². The number of aryl methyl sites for hydroxylation is 2. The van der Waals surface area contributed by atoms with E-state index < -0.39 is 17.7 Å². The molecule has 1 unspecified atom stereocenters. The summed E-state index contributed by atoms with van der Waals surface area (Å²) >= 11 is 0. The van der Waals surface area contributed by atoms with Crippen LogP contribution in [-0.4, -0.2) is 22.7 Å². The molecule has 0 saturated carbocycles. The highest BCUT2D eigenvalue weighted by Gasteiger charge is 2.46. The van der Waals surface area contributed by atoms with Crippen molar-refractivity contribution in [2.24, 2.45) is 0 Å².